The van der Waals surface area contributed by atoms with Gasteiger partial charge in [0.15, 0.2) is 11.4 Å². The summed E-state index contributed by atoms with van der Waals surface area (Å²) in [6, 6.07) is 3.74. The van der Waals surface area contributed by atoms with E-state index in [1.165, 1.54) is 10.9 Å². The first kappa shape index (κ1) is 20.6. The van der Waals surface area contributed by atoms with Crippen molar-refractivity contribution in [2.24, 2.45) is 7.05 Å². The van der Waals surface area contributed by atoms with Crippen molar-refractivity contribution in [2.75, 3.05) is 38.2 Å². The summed E-state index contributed by atoms with van der Waals surface area (Å²) >= 11 is 0. The molecule has 0 radical (unpaired) electrons. The van der Waals surface area contributed by atoms with Gasteiger partial charge in [-0.05, 0) is 30.9 Å². The zero-order chi connectivity index (χ0) is 22.2. The molecule has 2 fully saturated rings. The van der Waals surface area contributed by atoms with Crippen LogP contribution in [0.4, 0.5) is 5.95 Å². The summed E-state index contributed by atoms with van der Waals surface area (Å²) in [5, 5.41) is 8.78. The Morgan fingerprint density at radius 1 is 1.19 bits per heavy atom. The number of fused-ring (bicyclic) bond motifs is 1. The number of rotatable bonds is 6. The van der Waals surface area contributed by atoms with E-state index in [0.717, 1.165) is 56.7 Å². The van der Waals surface area contributed by atoms with Crippen molar-refractivity contribution in [3.05, 3.63) is 41.3 Å². The zero-order valence-corrected chi connectivity index (χ0v) is 18.4. The van der Waals surface area contributed by atoms with Gasteiger partial charge in [-0.3, -0.25) is 14.3 Å². The molecule has 168 valence electrons. The second kappa shape index (κ2) is 8.34. The number of methoxy groups -OCH3 is 1. The van der Waals surface area contributed by atoms with Gasteiger partial charge in [-0.25, -0.2) is 4.52 Å². The Morgan fingerprint density at radius 2 is 2.00 bits per heavy atom. The van der Waals surface area contributed by atoms with E-state index in [9.17, 15) is 9.59 Å². The predicted octanol–water partition coefficient (Wildman–Crippen LogP) is 1.35. The third-order valence-corrected chi connectivity index (χ3v) is 6.33. The molecule has 5 heterocycles. The summed E-state index contributed by atoms with van der Waals surface area (Å²) in [6.07, 6.45) is 6.63. The van der Waals surface area contributed by atoms with Crippen molar-refractivity contribution in [1.82, 2.24) is 29.3 Å². The smallest absolute Gasteiger partial charge is 0.257 e. The molecule has 1 unspecified atom stereocenters. The van der Waals surface area contributed by atoms with Gasteiger partial charge < -0.3 is 14.5 Å². The van der Waals surface area contributed by atoms with Crippen LogP contribution in [-0.4, -0.2) is 80.4 Å². The number of ether oxygens (including phenoxy) is 1. The van der Waals surface area contributed by atoms with Crippen molar-refractivity contribution in [3.63, 3.8) is 0 Å². The van der Waals surface area contributed by atoms with Crippen molar-refractivity contribution in [2.45, 2.75) is 31.8 Å². The van der Waals surface area contributed by atoms with Crippen molar-refractivity contribution < 1.29 is 14.3 Å². The summed E-state index contributed by atoms with van der Waals surface area (Å²) in [5.74, 6) is 0.406. The Kier molecular flexibility index (Phi) is 5.38. The molecule has 3 aromatic rings. The minimum Gasteiger partial charge on any atom is -0.380 e. The maximum atomic E-state index is 13.2. The van der Waals surface area contributed by atoms with Gasteiger partial charge in [-0.1, -0.05) is 6.07 Å². The predicted molar refractivity (Wildman–Crippen MR) is 117 cm³/mol. The molecule has 0 aromatic carbocycles. The Hall–Kier alpha value is -3.27. The number of anilines is 1. The van der Waals surface area contributed by atoms with Gasteiger partial charge in [0.25, 0.3) is 5.91 Å². The number of hydrogen-bond donors (Lipinski definition) is 0. The molecule has 2 aliphatic heterocycles. The molecule has 32 heavy (non-hydrogen) atoms. The number of Topliss-reactive ketones (excluding diaryl/α,β-unsaturated/α-hetero) is 1. The highest BCUT2D eigenvalue weighted by atomic mass is 16.5. The van der Waals surface area contributed by atoms with E-state index < -0.39 is 0 Å². The number of aryl methyl sites for hydroxylation is 1. The number of carbonyl (C=O) groups is 2. The first-order chi connectivity index (χ1) is 15.5. The van der Waals surface area contributed by atoms with Crippen LogP contribution < -0.4 is 4.90 Å². The molecule has 1 amide bonds. The Labute approximate surface area is 185 Å². The average Bonchev–Trinajstić information content (AvgIpc) is 3.58. The third-order valence-electron chi connectivity index (χ3n) is 6.33. The fourth-order valence-electron chi connectivity index (χ4n) is 4.54. The van der Waals surface area contributed by atoms with Gasteiger partial charge in [0.05, 0.1) is 17.9 Å². The van der Waals surface area contributed by atoms with Gasteiger partial charge in [0.2, 0.25) is 5.95 Å². The topological polar surface area (TPSA) is 97.9 Å². The lowest BCUT2D eigenvalue weighted by molar-refractivity contribution is 0.0786. The van der Waals surface area contributed by atoms with E-state index in [-0.39, 0.29) is 24.2 Å². The largest absolute Gasteiger partial charge is 0.380 e. The van der Waals surface area contributed by atoms with Crippen LogP contribution >= 0.6 is 0 Å². The van der Waals surface area contributed by atoms with Gasteiger partial charge in [-0.2, -0.15) is 10.1 Å². The molecule has 0 saturated carbocycles. The number of hydrogen-bond acceptors (Lipinski definition) is 7. The normalized spacial score (nSPS) is 18.8. The number of aromatic nitrogens is 5. The molecule has 10 heteroatoms. The quantitative estimate of drug-likeness (QED) is 0.537. The summed E-state index contributed by atoms with van der Waals surface area (Å²) < 4.78 is 8.63. The monoisotopic (exact) mass is 437 g/mol. The standard InChI is InChI=1S/C22H27N7O3/c1-26-20(17(12-23-26)21(31)27-8-3-4-9-27)18(30)11-15-5-6-19-24-22(25-29(19)13-15)28-10-7-16(14-28)32-2/h5-6,12-13,16H,3-4,7-11,14H2,1-2H3. The molecule has 10 nitrogen and oxygen atoms in total. The lowest BCUT2D eigenvalue weighted by Gasteiger charge is -2.15. The highest BCUT2D eigenvalue weighted by molar-refractivity contribution is 6.07. The van der Waals surface area contributed by atoms with E-state index in [2.05, 4.69) is 20.1 Å². The van der Waals surface area contributed by atoms with Crippen LogP contribution in [0.15, 0.2) is 24.5 Å². The lowest BCUT2D eigenvalue weighted by atomic mass is 10.1. The molecule has 0 aliphatic carbocycles. The number of nitrogens with zero attached hydrogens (tertiary/aromatic N) is 7. The third kappa shape index (κ3) is 3.75. The molecule has 5 rings (SSSR count). The van der Waals surface area contributed by atoms with Gasteiger partial charge in [0, 0.05) is 53.0 Å². The molecule has 0 N–H and O–H groups in total. The van der Waals surface area contributed by atoms with Crippen molar-refractivity contribution in [3.8, 4) is 0 Å². The zero-order valence-electron chi connectivity index (χ0n) is 18.4. The van der Waals surface area contributed by atoms with Gasteiger partial charge in [-0.15, -0.1) is 5.10 Å². The molecular formula is C22H27N7O3. The molecular weight excluding hydrogens is 410 g/mol. The average molecular weight is 438 g/mol. The number of ketones is 1. The lowest BCUT2D eigenvalue weighted by Crippen LogP contribution is -2.29. The van der Waals surface area contributed by atoms with Gasteiger partial charge in [0.1, 0.15) is 5.69 Å². The summed E-state index contributed by atoms with van der Waals surface area (Å²) in [7, 11) is 3.42. The number of pyridine rings is 1. The molecule has 2 aliphatic rings. The molecule has 0 bridgehead atoms. The molecule has 2 saturated heterocycles. The maximum Gasteiger partial charge on any atom is 0.257 e. The Morgan fingerprint density at radius 3 is 2.75 bits per heavy atom. The molecule has 0 spiro atoms. The van der Waals surface area contributed by atoms with Gasteiger partial charge >= 0.3 is 0 Å². The van der Waals surface area contributed by atoms with Crippen LogP contribution in [-0.2, 0) is 18.2 Å². The molecule has 3 aromatic heterocycles. The first-order valence-electron chi connectivity index (χ1n) is 11.0. The highest BCUT2D eigenvalue weighted by Crippen LogP contribution is 2.21. The van der Waals surface area contributed by atoms with E-state index >= 15 is 0 Å². The Balaban J connectivity index is 1.35. The number of carbonyl (C=O) groups excluding carboxylic acids is 2. The minimum absolute atomic E-state index is 0.115. The van der Waals surface area contributed by atoms with E-state index in [1.54, 1.807) is 23.6 Å². The summed E-state index contributed by atoms with van der Waals surface area (Å²) in [4.78, 5) is 34.5. The van der Waals surface area contributed by atoms with Crippen LogP contribution in [0, 0.1) is 0 Å². The first-order valence-corrected chi connectivity index (χ1v) is 11.0. The second-order valence-corrected chi connectivity index (χ2v) is 8.47. The maximum absolute atomic E-state index is 13.2. The fourth-order valence-corrected chi connectivity index (χ4v) is 4.54. The SMILES string of the molecule is COC1CCN(c2nc3ccc(CC(=O)c4c(C(=O)N5CCCC5)cnn4C)cn3n2)C1. The minimum atomic E-state index is -0.144. The second-order valence-electron chi connectivity index (χ2n) is 8.47. The van der Waals surface area contributed by atoms with Crippen molar-refractivity contribution >= 4 is 23.3 Å². The van der Waals surface area contributed by atoms with Crippen LogP contribution in [0.2, 0.25) is 0 Å². The van der Waals surface area contributed by atoms with Crippen LogP contribution in [0.3, 0.4) is 0 Å². The van der Waals surface area contributed by atoms with E-state index in [0.29, 0.717) is 17.2 Å². The summed E-state index contributed by atoms with van der Waals surface area (Å²) in [6.45, 7) is 3.09. The van der Waals surface area contributed by atoms with E-state index in [4.69, 9.17) is 4.74 Å². The van der Waals surface area contributed by atoms with Crippen molar-refractivity contribution in [1.29, 1.82) is 0 Å². The highest BCUT2D eigenvalue weighted by Gasteiger charge is 2.28. The van der Waals surface area contributed by atoms with Crippen LogP contribution in [0.1, 0.15) is 45.7 Å². The number of amides is 1. The Bertz CT molecular complexity index is 1160. The summed E-state index contributed by atoms with van der Waals surface area (Å²) in [5.41, 5.74) is 2.26. The van der Waals surface area contributed by atoms with Crippen LogP contribution in [0.25, 0.3) is 5.65 Å². The van der Waals surface area contributed by atoms with Crippen LogP contribution in [0.5, 0.6) is 0 Å². The van der Waals surface area contributed by atoms with E-state index in [1.807, 2.05) is 18.3 Å². The fraction of sp³-hybridized carbons (Fsp3) is 0.500. The molecule has 1 atom stereocenters. The number of likely N-dealkylation sites (tertiary alicyclic amines) is 1.